The zero-order valence-corrected chi connectivity index (χ0v) is 20.8. The van der Waals surface area contributed by atoms with E-state index in [0.717, 1.165) is 37.4 Å². The number of hydrogen-bond acceptors (Lipinski definition) is 4. The molecule has 0 atom stereocenters. The first-order chi connectivity index (χ1) is 13.6. The Morgan fingerprint density at radius 2 is 1.48 bits per heavy atom. The third-order valence-electron chi connectivity index (χ3n) is 5.29. The number of piperidine rings is 1. The van der Waals surface area contributed by atoms with Gasteiger partial charge in [-0.05, 0) is 30.6 Å². The van der Waals surface area contributed by atoms with Crippen molar-refractivity contribution in [1.29, 1.82) is 10.5 Å². The van der Waals surface area contributed by atoms with Crippen LogP contribution in [0.4, 0.5) is 0 Å². The van der Waals surface area contributed by atoms with E-state index in [1.54, 1.807) is 0 Å². The van der Waals surface area contributed by atoms with Gasteiger partial charge in [0.15, 0.2) is 0 Å². The van der Waals surface area contributed by atoms with E-state index in [4.69, 9.17) is 10.5 Å². The van der Waals surface area contributed by atoms with Gasteiger partial charge in [0, 0.05) is 17.1 Å². The number of nitriles is 2. The van der Waals surface area contributed by atoms with Gasteiger partial charge in [-0.2, -0.15) is 6.20 Å². The maximum absolute atomic E-state index is 7.13. The Kier molecular flexibility index (Phi) is 28.5. The second-order valence-electron chi connectivity index (χ2n) is 6.67. The summed E-state index contributed by atoms with van der Waals surface area (Å²) in [4.78, 5) is 0. The Balaban J connectivity index is -0.000000358. The molecule has 0 amide bonds. The van der Waals surface area contributed by atoms with E-state index in [-0.39, 0.29) is 17.1 Å². The zero-order valence-electron chi connectivity index (χ0n) is 18.2. The first-order valence-corrected chi connectivity index (χ1v) is 11.1. The Hall–Kier alpha value is -0.821. The first kappa shape index (κ1) is 32.8. The van der Waals surface area contributed by atoms with Crippen LogP contribution in [0.2, 0.25) is 0 Å². The van der Waals surface area contributed by atoms with Crippen LogP contribution in [0.1, 0.15) is 66.2 Å². The number of thiocyanates is 2. The van der Waals surface area contributed by atoms with Crippen molar-refractivity contribution in [2.75, 3.05) is 19.6 Å². The van der Waals surface area contributed by atoms with Gasteiger partial charge in [-0.15, -0.1) is 19.6 Å². The SMILES string of the molecule is CCC(CC)C1=CC[N-]C=C1.CCC(CC)C1CC[N-]CC1.N#C[S-].N#C[S-].[Cu]. The van der Waals surface area contributed by atoms with Gasteiger partial charge in [0.25, 0.3) is 0 Å². The van der Waals surface area contributed by atoms with Crippen LogP contribution in [0.5, 0.6) is 0 Å². The Bertz CT molecular complexity index is 472. The summed E-state index contributed by atoms with van der Waals surface area (Å²) in [6.45, 7) is 12.3. The Labute approximate surface area is 201 Å². The summed E-state index contributed by atoms with van der Waals surface area (Å²) in [5.74, 6) is 2.72. The van der Waals surface area contributed by atoms with E-state index in [1.807, 2.05) is 6.20 Å². The van der Waals surface area contributed by atoms with E-state index >= 15 is 0 Å². The minimum atomic E-state index is 0. The van der Waals surface area contributed by atoms with Gasteiger partial charge in [0.05, 0.1) is 0 Å². The predicted octanol–water partition coefficient (Wildman–Crippen LogP) is 6.48. The van der Waals surface area contributed by atoms with Crippen LogP contribution in [-0.4, -0.2) is 19.6 Å². The Morgan fingerprint density at radius 3 is 1.83 bits per heavy atom. The van der Waals surface area contributed by atoms with Gasteiger partial charge < -0.3 is 35.9 Å². The molecule has 29 heavy (non-hydrogen) atoms. The summed E-state index contributed by atoms with van der Waals surface area (Å²) in [5.41, 5.74) is 1.48. The van der Waals surface area contributed by atoms with E-state index in [2.05, 4.69) is 75.7 Å². The minimum absolute atomic E-state index is 0. The summed E-state index contributed by atoms with van der Waals surface area (Å²) in [5, 5.41) is 25.4. The third kappa shape index (κ3) is 17.7. The molecular formula is C22H36CuN4S2-4. The fraction of sp³-hybridized carbons (Fsp3) is 0.727. The van der Waals surface area contributed by atoms with E-state index in [0.29, 0.717) is 0 Å². The van der Waals surface area contributed by atoms with Crippen molar-refractivity contribution in [2.24, 2.45) is 17.8 Å². The molecule has 0 spiro atoms. The van der Waals surface area contributed by atoms with Crippen LogP contribution < -0.4 is 0 Å². The molecule has 0 aliphatic carbocycles. The topological polar surface area (TPSA) is 75.8 Å². The molecule has 2 rings (SSSR count). The molecule has 7 heteroatoms. The molecule has 1 fully saturated rings. The number of allylic oxidation sites excluding steroid dienone is 2. The van der Waals surface area contributed by atoms with Gasteiger partial charge in [0.1, 0.15) is 0 Å². The van der Waals surface area contributed by atoms with Crippen LogP contribution in [0.15, 0.2) is 23.9 Å². The molecule has 1 saturated heterocycles. The molecule has 0 aromatic heterocycles. The molecule has 1 radical (unpaired) electrons. The van der Waals surface area contributed by atoms with Crippen molar-refractivity contribution in [3.63, 3.8) is 0 Å². The predicted molar refractivity (Wildman–Crippen MR) is 125 cm³/mol. The molecule has 2 aliphatic rings. The van der Waals surface area contributed by atoms with Crippen molar-refractivity contribution in [1.82, 2.24) is 0 Å². The van der Waals surface area contributed by atoms with Crippen molar-refractivity contribution in [3.8, 4) is 10.8 Å². The molecule has 0 bridgehead atoms. The average Bonchev–Trinajstić information content (AvgIpc) is 2.73. The molecule has 2 aliphatic heterocycles. The number of hydrogen-bond donors (Lipinski definition) is 0. The van der Waals surface area contributed by atoms with Crippen LogP contribution in [0.25, 0.3) is 10.6 Å². The largest absolute Gasteiger partial charge is 0.696 e. The van der Waals surface area contributed by atoms with E-state index in [9.17, 15) is 0 Å². The molecule has 0 unspecified atom stereocenters. The summed E-state index contributed by atoms with van der Waals surface area (Å²) in [6.07, 6.45) is 14.2. The van der Waals surface area contributed by atoms with E-state index in [1.165, 1.54) is 54.9 Å². The molecule has 171 valence electrons. The van der Waals surface area contributed by atoms with Crippen LogP contribution >= 0.6 is 0 Å². The smallest absolute Gasteiger partial charge is 0 e. The van der Waals surface area contributed by atoms with Gasteiger partial charge in [-0.1, -0.05) is 81.9 Å². The summed E-state index contributed by atoms with van der Waals surface area (Å²) in [7, 11) is 0. The molecule has 0 aromatic carbocycles. The van der Waals surface area contributed by atoms with Crippen molar-refractivity contribution in [2.45, 2.75) is 66.2 Å². The molecule has 2 heterocycles. The van der Waals surface area contributed by atoms with E-state index < -0.39 is 0 Å². The quantitative estimate of drug-likeness (QED) is 0.246. The van der Waals surface area contributed by atoms with Gasteiger partial charge >= 0.3 is 0 Å². The number of rotatable bonds is 6. The molecule has 0 saturated carbocycles. The maximum Gasteiger partial charge on any atom is 0 e. The van der Waals surface area contributed by atoms with Gasteiger partial charge in [-0.3, -0.25) is 0 Å². The third-order valence-corrected chi connectivity index (χ3v) is 5.29. The summed E-state index contributed by atoms with van der Waals surface area (Å²) >= 11 is 7.40. The Morgan fingerprint density at radius 1 is 1.00 bits per heavy atom. The zero-order chi connectivity index (χ0) is 21.6. The average molecular weight is 484 g/mol. The van der Waals surface area contributed by atoms with Gasteiger partial charge in [0.2, 0.25) is 0 Å². The van der Waals surface area contributed by atoms with Crippen molar-refractivity contribution < 1.29 is 17.1 Å². The fourth-order valence-electron chi connectivity index (χ4n) is 3.69. The first-order valence-electron chi connectivity index (χ1n) is 10.3. The fourth-order valence-corrected chi connectivity index (χ4v) is 3.69. The monoisotopic (exact) mass is 483 g/mol. The van der Waals surface area contributed by atoms with Crippen molar-refractivity contribution >= 4 is 25.3 Å². The molecule has 4 nitrogen and oxygen atoms in total. The standard InChI is InChI=1S/C10H20N.C10H16N.2CHNS.Cu/c2*1-3-9(4-2)10-5-7-11-8-6-10;2*2-1-3;/h9-10H,3-8H2,1-2H3;5-7,9H,3-4,8H2,1-2H3;2*3H;/q2*-1;;;/p-2. The minimum Gasteiger partial charge on any atom is -0.696 e. The summed E-state index contributed by atoms with van der Waals surface area (Å²) in [6, 6.07) is 0. The molecule has 0 N–H and O–H groups in total. The van der Waals surface area contributed by atoms with Crippen LogP contribution in [0, 0.1) is 39.1 Å². The van der Waals surface area contributed by atoms with Gasteiger partial charge in [-0.25, -0.2) is 10.5 Å². The normalized spacial score (nSPS) is 14.7. The van der Waals surface area contributed by atoms with Crippen LogP contribution in [-0.2, 0) is 42.3 Å². The van der Waals surface area contributed by atoms with Crippen LogP contribution in [0.3, 0.4) is 0 Å². The number of nitrogens with zero attached hydrogens (tertiary/aromatic N) is 4. The van der Waals surface area contributed by atoms with Crippen molar-refractivity contribution in [3.05, 3.63) is 34.6 Å². The molecule has 0 aromatic rings. The second kappa shape index (κ2) is 25.2. The summed E-state index contributed by atoms with van der Waals surface area (Å²) < 4.78 is 0. The second-order valence-corrected chi connectivity index (χ2v) is 7.03. The molecular weight excluding hydrogens is 448 g/mol. The maximum atomic E-state index is 7.13.